The molecule has 198 valence electrons. The van der Waals surface area contributed by atoms with Gasteiger partial charge in [0.15, 0.2) is 6.10 Å². The van der Waals surface area contributed by atoms with Crippen LogP contribution in [0.15, 0.2) is 30.5 Å². The molecule has 0 saturated carbocycles. The number of pyridine rings is 1. The molecule has 3 aliphatic rings. The Morgan fingerprint density at radius 3 is 2.81 bits per heavy atom. The minimum Gasteiger partial charge on any atom is -0.497 e. The van der Waals surface area contributed by atoms with Crippen LogP contribution in [0.25, 0.3) is 10.9 Å². The molecule has 2 N–H and O–H groups in total. The Morgan fingerprint density at radius 2 is 2.11 bits per heavy atom. The van der Waals surface area contributed by atoms with Crippen molar-refractivity contribution in [3.63, 3.8) is 0 Å². The molecule has 1 aromatic heterocycles. The van der Waals surface area contributed by atoms with Gasteiger partial charge in [0.1, 0.15) is 11.8 Å². The number of methoxy groups -OCH3 is 1. The lowest BCUT2D eigenvalue weighted by Crippen LogP contribution is -3.20. The first kappa shape index (κ1) is 27.1. The van der Waals surface area contributed by atoms with Gasteiger partial charge in [-0.2, -0.15) is 11.8 Å². The summed E-state index contributed by atoms with van der Waals surface area (Å²) in [6.07, 6.45) is 7.43. The van der Waals surface area contributed by atoms with E-state index < -0.39 is 0 Å². The van der Waals surface area contributed by atoms with Crippen LogP contribution in [0.4, 0.5) is 4.79 Å². The number of hydrogen-bond acceptors (Lipinski definition) is 5. The van der Waals surface area contributed by atoms with Gasteiger partial charge in [-0.05, 0) is 75.3 Å². The number of nitrogens with zero attached hydrogens (tertiary/aromatic N) is 1. The van der Waals surface area contributed by atoms with Crippen LogP contribution < -0.4 is 15.0 Å². The number of piperidine rings is 3. The second-order valence-corrected chi connectivity index (χ2v) is 12.7. The highest BCUT2D eigenvalue weighted by Crippen LogP contribution is 2.38. The molecule has 0 radical (unpaired) electrons. The van der Waals surface area contributed by atoms with Crippen molar-refractivity contribution >= 4 is 28.8 Å². The monoisotopic (exact) mass is 514 g/mol. The van der Waals surface area contributed by atoms with E-state index in [4.69, 9.17) is 9.47 Å². The van der Waals surface area contributed by atoms with Crippen LogP contribution in [0, 0.1) is 11.8 Å². The standard InChI is InChI=1S/C29H43N3O3S/c1-6-7-15-36-16-12-21-19-32-14-11-20(21)17-26(32)27(35-28(33)31-29(2,3)4)23-10-13-30-25-9-8-22(34-5)18-24(23)25/h8-10,13,18,20-21,26-27H,6-7,11-12,14-17,19H2,1-5H3,(H,31,33)/p+1. The number of benzene rings is 1. The molecule has 2 aromatic rings. The SMILES string of the molecule is CCCCSCCC1C[NH+]2CCC1CC2C(OC(=O)NC(C)(C)C)c1ccnc2ccc(OC)cc12. The third-order valence-electron chi connectivity index (χ3n) is 7.75. The zero-order valence-electron chi connectivity index (χ0n) is 22.6. The molecule has 5 atom stereocenters. The molecule has 36 heavy (non-hydrogen) atoms. The van der Waals surface area contributed by atoms with Crippen molar-refractivity contribution in [3.8, 4) is 5.75 Å². The summed E-state index contributed by atoms with van der Waals surface area (Å²) in [5.74, 6) is 4.82. The fourth-order valence-electron chi connectivity index (χ4n) is 5.95. The summed E-state index contributed by atoms with van der Waals surface area (Å²) in [6, 6.07) is 8.22. The van der Waals surface area contributed by atoms with E-state index in [0.29, 0.717) is 5.92 Å². The van der Waals surface area contributed by atoms with Crippen LogP contribution in [0.3, 0.4) is 0 Å². The first-order valence-corrected chi connectivity index (χ1v) is 14.8. The fraction of sp³-hybridized carbons (Fsp3) is 0.655. The second-order valence-electron chi connectivity index (χ2n) is 11.5. The first-order chi connectivity index (χ1) is 17.3. The van der Waals surface area contributed by atoms with Crippen molar-refractivity contribution in [2.45, 2.75) is 77.5 Å². The highest BCUT2D eigenvalue weighted by Gasteiger charge is 2.48. The Kier molecular flexibility index (Phi) is 9.05. The van der Waals surface area contributed by atoms with Crippen molar-refractivity contribution in [2.24, 2.45) is 11.8 Å². The predicted molar refractivity (Wildman–Crippen MR) is 148 cm³/mol. The average Bonchev–Trinajstić information content (AvgIpc) is 2.86. The summed E-state index contributed by atoms with van der Waals surface area (Å²) in [5.41, 5.74) is 1.57. The molecule has 3 saturated heterocycles. The molecule has 5 unspecified atom stereocenters. The third kappa shape index (κ3) is 6.65. The van der Waals surface area contributed by atoms with Crippen LogP contribution in [0.5, 0.6) is 5.75 Å². The Hall–Kier alpha value is -1.99. The van der Waals surface area contributed by atoms with Gasteiger partial charge >= 0.3 is 6.09 Å². The molecular weight excluding hydrogens is 470 g/mol. The minimum absolute atomic E-state index is 0.246. The van der Waals surface area contributed by atoms with Gasteiger partial charge in [-0.15, -0.1) is 0 Å². The number of carbonyl (C=O) groups excluding carboxylic acids is 1. The average molecular weight is 515 g/mol. The second kappa shape index (κ2) is 12.0. The largest absolute Gasteiger partial charge is 0.497 e. The van der Waals surface area contributed by atoms with Gasteiger partial charge in [0.05, 0.1) is 25.7 Å². The van der Waals surface area contributed by atoms with Gasteiger partial charge in [0, 0.05) is 41.4 Å². The van der Waals surface area contributed by atoms with Crippen LogP contribution >= 0.6 is 11.8 Å². The van der Waals surface area contributed by atoms with E-state index in [9.17, 15) is 4.79 Å². The summed E-state index contributed by atoms with van der Waals surface area (Å²) in [6.45, 7) is 10.5. The Balaban J connectivity index is 1.58. The maximum absolute atomic E-state index is 13.1. The van der Waals surface area contributed by atoms with Crippen LogP contribution in [0.2, 0.25) is 0 Å². The number of aromatic nitrogens is 1. The Labute approximate surface area is 220 Å². The molecule has 3 fully saturated rings. The summed E-state index contributed by atoms with van der Waals surface area (Å²) >= 11 is 2.12. The molecule has 5 rings (SSSR count). The van der Waals surface area contributed by atoms with Gasteiger partial charge in [-0.1, -0.05) is 13.3 Å². The zero-order valence-corrected chi connectivity index (χ0v) is 23.5. The topological polar surface area (TPSA) is 64.9 Å². The molecule has 2 bridgehead atoms. The van der Waals surface area contributed by atoms with Crippen molar-refractivity contribution in [3.05, 3.63) is 36.0 Å². The third-order valence-corrected chi connectivity index (χ3v) is 8.85. The number of thioether (sulfide) groups is 1. The van der Waals surface area contributed by atoms with E-state index in [1.54, 1.807) is 12.0 Å². The van der Waals surface area contributed by atoms with E-state index in [1.165, 1.54) is 43.7 Å². The van der Waals surface area contributed by atoms with Crippen molar-refractivity contribution < 1.29 is 19.2 Å². The number of fused-ring (bicyclic) bond motifs is 4. The van der Waals surface area contributed by atoms with E-state index >= 15 is 0 Å². The normalized spacial score (nSPS) is 24.5. The van der Waals surface area contributed by atoms with E-state index in [1.807, 2.05) is 51.2 Å². The lowest BCUT2D eigenvalue weighted by Gasteiger charge is -2.49. The van der Waals surface area contributed by atoms with Gasteiger partial charge < -0.3 is 19.7 Å². The van der Waals surface area contributed by atoms with Crippen molar-refractivity contribution in [2.75, 3.05) is 31.7 Å². The van der Waals surface area contributed by atoms with E-state index in [0.717, 1.165) is 41.1 Å². The number of quaternary nitrogens is 1. The van der Waals surface area contributed by atoms with Crippen LogP contribution in [0.1, 0.15) is 71.5 Å². The lowest BCUT2D eigenvalue weighted by molar-refractivity contribution is -0.950. The van der Waals surface area contributed by atoms with Gasteiger partial charge in [0.25, 0.3) is 0 Å². The lowest BCUT2D eigenvalue weighted by atomic mass is 9.72. The van der Waals surface area contributed by atoms with E-state index in [-0.39, 0.29) is 23.8 Å². The summed E-state index contributed by atoms with van der Waals surface area (Å²) in [4.78, 5) is 19.2. The van der Waals surface area contributed by atoms with Gasteiger partial charge in [0.2, 0.25) is 0 Å². The molecule has 4 heterocycles. The molecule has 1 aromatic carbocycles. The molecular formula is C29H44N3O3S+. The number of unbranched alkanes of at least 4 members (excludes halogenated alkanes) is 1. The zero-order chi connectivity index (χ0) is 25.7. The Morgan fingerprint density at radius 1 is 1.28 bits per heavy atom. The quantitative estimate of drug-likeness (QED) is 0.436. The van der Waals surface area contributed by atoms with Crippen LogP contribution in [-0.4, -0.2) is 54.4 Å². The predicted octanol–water partition coefficient (Wildman–Crippen LogP) is 5.03. The maximum atomic E-state index is 13.1. The van der Waals surface area contributed by atoms with Gasteiger partial charge in [-0.3, -0.25) is 4.98 Å². The highest BCUT2D eigenvalue weighted by molar-refractivity contribution is 7.99. The number of hydrogen-bond donors (Lipinski definition) is 2. The number of carbonyl (C=O) groups is 1. The van der Waals surface area contributed by atoms with Crippen molar-refractivity contribution in [1.29, 1.82) is 0 Å². The number of nitrogens with one attached hydrogen (secondary N) is 2. The smallest absolute Gasteiger partial charge is 0.408 e. The molecule has 0 spiro atoms. The number of ether oxygens (including phenoxy) is 2. The maximum Gasteiger partial charge on any atom is 0.408 e. The summed E-state index contributed by atoms with van der Waals surface area (Å²) < 4.78 is 11.8. The van der Waals surface area contributed by atoms with Crippen molar-refractivity contribution in [1.82, 2.24) is 10.3 Å². The molecule has 7 heteroatoms. The Bertz CT molecular complexity index is 1020. The van der Waals surface area contributed by atoms with Crippen LogP contribution in [-0.2, 0) is 4.74 Å². The molecule has 3 aliphatic heterocycles. The highest BCUT2D eigenvalue weighted by atomic mass is 32.2. The van der Waals surface area contributed by atoms with E-state index in [2.05, 4.69) is 29.0 Å². The number of amides is 1. The number of rotatable bonds is 10. The molecule has 0 aliphatic carbocycles. The molecule has 1 amide bonds. The number of alkyl carbamates (subject to hydrolysis) is 1. The minimum atomic E-state index is -0.357. The summed E-state index contributed by atoms with van der Waals surface area (Å²) in [7, 11) is 1.68. The summed E-state index contributed by atoms with van der Waals surface area (Å²) in [5, 5.41) is 4.01. The first-order valence-electron chi connectivity index (χ1n) is 13.6. The fourth-order valence-corrected chi connectivity index (χ4v) is 7.11. The molecule has 6 nitrogen and oxygen atoms in total. The van der Waals surface area contributed by atoms with Gasteiger partial charge in [-0.25, -0.2) is 4.79 Å².